The average molecular weight is 378 g/mol. The van der Waals surface area contributed by atoms with Crippen LogP contribution < -0.4 is 4.90 Å². The van der Waals surface area contributed by atoms with E-state index in [0.717, 1.165) is 0 Å². The summed E-state index contributed by atoms with van der Waals surface area (Å²) in [6.45, 7) is 0. The molecule has 0 aliphatic rings. The maximum absolute atomic E-state index is 13.1. The summed E-state index contributed by atoms with van der Waals surface area (Å²) in [5.41, 5.74) is 0.920. The number of hydrogen-bond acceptors (Lipinski definition) is 2. The van der Waals surface area contributed by atoms with Crippen LogP contribution >= 0.6 is 34.8 Å². The number of carbonyl (C=O) groups is 1. The number of carbonyl (C=O) groups excluding carboxylic acids is 1. The molecule has 2 aromatic carbocycles. The van der Waals surface area contributed by atoms with Gasteiger partial charge in [0.05, 0.1) is 26.3 Å². The molecular formula is C18H11Cl3N2O. The molecule has 120 valence electrons. The molecule has 6 heteroatoms. The maximum Gasteiger partial charge on any atom is 0.265 e. The molecule has 0 bridgehead atoms. The van der Waals surface area contributed by atoms with E-state index >= 15 is 0 Å². The highest BCUT2D eigenvalue weighted by molar-refractivity contribution is 6.49. The predicted octanol–water partition coefficient (Wildman–Crippen LogP) is 6.02. The molecule has 0 atom stereocenters. The molecule has 3 rings (SSSR count). The van der Waals surface area contributed by atoms with Gasteiger partial charge < -0.3 is 0 Å². The van der Waals surface area contributed by atoms with Gasteiger partial charge >= 0.3 is 0 Å². The van der Waals surface area contributed by atoms with Gasteiger partial charge in [0.1, 0.15) is 5.82 Å². The Morgan fingerprint density at radius 3 is 2.21 bits per heavy atom. The van der Waals surface area contributed by atoms with Gasteiger partial charge in [-0.15, -0.1) is 0 Å². The lowest BCUT2D eigenvalue weighted by molar-refractivity contribution is 0.0999. The number of hydrogen-bond donors (Lipinski definition) is 0. The largest absolute Gasteiger partial charge is 0.268 e. The summed E-state index contributed by atoms with van der Waals surface area (Å²) in [5.74, 6) is 0.138. The topological polar surface area (TPSA) is 33.2 Å². The van der Waals surface area contributed by atoms with Gasteiger partial charge in [-0.1, -0.05) is 59.1 Å². The lowest BCUT2D eigenvalue weighted by Gasteiger charge is -2.22. The van der Waals surface area contributed by atoms with E-state index in [0.29, 0.717) is 16.5 Å². The molecule has 0 N–H and O–H groups in total. The molecule has 0 saturated heterocycles. The molecule has 0 unspecified atom stereocenters. The van der Waals surface area contributed by atoms with E-state index in [1.54, 1.807) is 30.5 Å². The van der Waals surface area contributed by atoms with E-state index in [-0.39, 0.29) is 21.5 Å². The van der Waals surface area contributed by atoms with Crippen LogP contribution in [0.25, 0.3) is 0 Å². The first-order valence-electron chi connectivity index (χ1n) is 7.03. The molecular weight excluding hydrogens is 367 g/mol. The lowest BCUT2D eigenvalue weighted by Crippen LogP contribution is -2.27. The molecule has 0 fully saturated rings. The van der Waals surface area contributed by atoms with Crippen molar-refractivity contribution in [2.24, 2.45) is 0 Å². The highest BCUT2D eigenvalue weighted by atomic mass is 35.5. The second kappa shape index (κ2) is 7.22. The van der Waals surface area contributed by atoms with Crippen LogP contribution in [0, 0.1) is 0 Å². The van der Waals surface area contributed by atoms with Gasteiger partial charge in [-0.2, -0.15) is 0 Å². The Kier molecular flexibility index (Phi) is 5.05. The SMILES string of the molecule is O=C(c1ccc(Cl)c(Cl)c1Cl)N(c1ccccc1)c1ccccn1. The minimum atomic E-state index is -0.344. The number of para-hydroxylation sites is 1. The van der Waals surface area contributed by atoms with Crippen molar-refractivity contribution in [2.45, 2.75) is 0 Å². The third-order valence-corrected chi connectivity index (χ3v) is 4.66. The van der Waals surface area contributed by atoms with E-state index in [1.807, 2.05) is 36.4 Å². The van der Waals surface area contributed by atoms with Crippen molar-refractivity contribution >= 4 is 52.2 Å². The van der Waals surface area contributed by atoms with Gasteiger partial charge in [0, 0.05) is 6.20 Å². The summed E-state index contributed by atoms with van der Waals surface area (Å²) < 4.78 is 0. The summed E-state index contributed by atoms with van der Waals surface area (Å²) in [6.07, 6.45) is 1.62. The zero-order valence-corrected chi connectivity index (χ0v) is 14.6. The molecule has 3 aromatic rings. The number of aromatic nitrogens is 1. The fraction of sp³-hybridized carbons (Fsp3) is 0. The number of benzene rings is 2. The van der Waals surface area contributed by atoms with E-state index in [1.165, 1.54) is 4.90 Å². The Morgan fingerprint density at radius 2 is 1.54 bits per heavy atom. The molecule has 1 amide bonds. The Morgan fingerprint density at radius 1 is 0.833 bits per heavy atom. The minimum Gasteiger partial charge on any atom is -0.268 e. The van der Waals surface area contributed by atoms with Crippen LogP contribution in [0.1, 0.15) is 10.4 Å². The van der Waals surface area contributed by atoms with Gasteiger partial charge in [-0.3, -0.25) is 9.69 Å². The molecule has 1 heterocycles. The first-order valence-corrected chi connectivity index (χ1v) is 8.17. The van der Waals surface area contributed by atoms with Crippen molar-refractivity contribution < 1.29 is 4.79 Å². The van der Waals surface area contributed by atoms with E-state index in [2.05, 4.69) is 4.98 Å². The molecule has 0 radical (unpaired) electrons. The Hall–Kier alpha value is -2.07. The van der Waals surface area contributed by atoms with E-state index < -0.39 is 0 Å². The predicted molar refractivity (Wildman–Crippen MR) is 98.6 cm³/mol. The Labute approximate surface area is 154 Å². The molecule has 0 saturated carbocycles. The fourth-order valence-electron chi connectivity index (χ4n) is 2.23. The van der Waals surface area contributed by atoms with Gasteiger partial charge in [0.15, 0.2) is 0 Å². The quantitative estimate of drug-likeness (QED) is 0.523. The van der Waals surface area contributed by atoms with Crippen molar-refractivity contribution in [3.63, 3.8) is 0 Å². The summed E-state index contributed by atoms with van der Waals surface area (Å²) in [6, 6.07) is 17.6. The fourth-order valence-corrected chi connectivity index (χ4v) is 2.84. The molecule has 1 aromatic heterocycles. The molecule has 24 heavy (non-hydrogen) atoms. The van der Waals surface area contributed by atoms with E-state index in [9.17, 15) is 4.79 Å². The summed E-state index contributed by atoms with van der Waals surface area (Å²) >= 11 is 18.3. The average Bonchev–Trinajstić information content (AvgIpc) is 2.62. The number of pyridine rings is 1. The number of halogens is 3. The summed E-state index contributed by atoms with van der Waals surface area (Å²) in [7, 11) is 0. The van der Waals surface area contributed by atoms with Crippen LogP contribution in [0.4, 0.5) is 11.5 Å². The van der Waals surface area contributed by atoms with Crippen LogP contribution in [0.15, 0.2) is 66.9 Å². The minimum absolute atomic E-state index is 0.117. The van der Waals surface area contributed by atoms with Crippen molar-refractivity contribution in [1.82, 2.24) is 4.98 Å². The molecule has 0 aliphatic carbocycles. The number of anilines is 2. The molecule has 0 spiro atoms. The normalized spacial score (nSPS) is 10.5. The zero-order valence-electron chi connectivity index (χ0n) is 12.3. The van der Waals surface area contributed by atoms with Crippen LogP contribution in [0.5, 0.6) is 0 Å². The monoisotopic (exact) mass is 376 g/mol. The Bertz CT molecular complexity index is 831. The first-order chi connectivity index (χ1) is 11.6. The smallest absolute Gasteiger partial charge is 0.265 e. The van der Waals surface area contributed by atoms with Crippen LogP contribution in [0.2, 0.25) is 15.1 Å². The van der Waals surface area contributed by atoms with Crippen LogP contribution in [-0.4, -0.2) is 10.9 Å². The van der Waals surface area contributed by atoms with Crippen molar-refractivity contribution in [3.8, 4) is 0 Å². The summed E-state index contributed by atoms with van der Waals surface area (Å²) in [5, 5.41) is 0.562. The zero-order chi connectivity index (χ0) is 17.1. The first kappa shape index (κ1) is 16.8. The van der Waals surface area contributed by atoms with E-state index in [4.69, 9.17) is 34.8 Å². The van der Waals surface area contributed by atoms with Crippen molar-refractivity contribution in [1.29, 1.82) is 0 Å². The second-order valence-corrected chi connectivity index (χ2v) is 6.05. The lowest BCUT2D eigenvalue weighted by atomic mass is 10.1. The third-order valence-electron chi connectivity index (χ3n) is 3.36. The van der Waals surface area contributed by atoms with Crippen molar-refractivity contribution in [2.75, 3.05) is 4.90 Å². The highest BCUT2D eigenvalue weighted by Gasteiger charge is 2.24. The highest BCUT2D eigenvalue weighted by Crippen LogP contribution is 2.35. The van der Waals surface area contributed by atoms with Crippen LogP contribution in [0.3, 0.4) is 0 Å². The molecule has 0 aliphatic heterocycles. The van der Waals surface area contributed by atoms with Crippen molar-refractivity contribution in [3.05, 3.63) is 87.5 Å². The Balaban J connectivity index is 2.13. The van der Waals surface area contributed by atoms with Gasteiger partial charge in [-0.05, 0) is 36.4 Å². The third kappa shape index (κ3) is 3.24. The van der Waals surface area contributed by atoms with Crippen LogP contribution in [-0.2, 0) is 0 Å². The van der Waals surface area contributed by atoms with Gasteiger partial charge in [0.25, 0.3) is 5.91 Å². The number of amides is 1. The summed E-state index contributed by atoms with van der Waals surface area (Å²) in [4.78, 5) is 18.9. The standard InChI is InChI=1S/C18H11Cl3N2O/c19-14-10-9-13(16(20)17(14)21)18(24)23(12-6-2-1-3-7-12)15-8-4-5-11-22-15/h1-11H. The number of nitrogens with zero attached hydrogens (tertiary/aromatic N) is 2. The van der Waals surface area contributed by atoms with Gasteiger partial charge in [0.2, 0.25) is 0 Å². The second-order valence-electron chi connectivity index (χ2n) is 4.89. The van der Waals surface area contributed by atoms with Gasteiger partial charge in [-0.25, -0.2) is 4.98 Å². The number of rotatable bonds is 3. The molecule has 3 nitrogen and oxygen atoms in total. The maximum atomic E-state index is 13.1.